The monoisotopic (exact) mass is 402 g/mol. The number of rotatable bonds is 4. The number of esters is 1. The molecular weight excluding hydrogens is 378 g/mol. The highest BCUT2D eigenvalue weighted by atomic mass is 35.5. The first-order valence-corrected chi connectivity index (χ1v) is 9.63. The molecule has 1 heterocycles. The van der Waals surface area contributed by atoms with Crippen molar-refractivity contribution in [3.05, 3.63) is 58.1 Å². The zero-order valence-corrected chi connectivity index (χ0v) is 17.1. The Morgan fingerprint density at radius 2 is 1.86 bits per heavy atom. The van der Waals surface area contributed by atoms with Gasteiger partial charge in [0, 0.05) is 0 Å². The van der Waals surface area contributed by atoms with Crippen molar-refractivity contribution in [3.63, 3.8) is 0 Å². The van der Waals surface area contributed by atoms with Gasteiger partial charge >= 0.3 is 5.97 Å². The first kappa shape index (κ1) is 20.2. The lowest BCUT2D eigenvalue weighted by Gasteiger charge is -2.33. The van der Waals surface area contributed by atoms with Crippen molar-refractivity contribution in [1.82, 2.24) is 0 Å². The molecule has 3 rings (SSSR count). The fraction of sp³-hybridized carbons (Fsp3) is 0.333. The maximum atomic E-state index is 12.8. The van der Waals surface area contributed by atoms with Gasteiger partial charge in [-0.3, -0.25) is 4.79 Å². The summed E-state index contributed by atoms with van der Waals surface area (Å²) in [5.41, 5.74) is 3.22. The molecule has 1 amide bonds. The van der Waals surface area contributed by atoms with Gasteiger partial charge in [-0.05, 0) is 42.8 Å². The van der Waals surface area contributed by atoms with Crippen LogP contribution in [0, 0.1) is 6.92 Å². The average molecular weight is 403 g/mol. The molecule has 0 aliphatic carbocycles. The van der Waals surface area contributed by atoms with Gasteiger partial charge < -0.3 is 19.9 Å². The van der Waals surface area contributed by atoms with Gasteiger partial charge in [0.25, 0.3) is 5.91 Å². The van der Waals surface area contributed by atoms with Crippen molar-refractivity contribution in [2.75, 3.05) is 50.6 Å². The molecule has 28 heavy (non-hydrogen) atoms. The summed E-state index contributed by atoms with van der Waals surface area (Å²) in [6, 6.07) is 10.5. The van der Waals surface area contributed by atoms with E-state index in [9.17, 15) is 9.59 Å². The molecule has 0 bridgehead atoms. The summed E-state index contributed by atoms with van der Waals surface area (Å²) in [4.78, 5) is 28.5. The number of amides is 1. The van der Waals surface area contributed by atoms with E-state index in [1.807, 2.05) is 19.1 Å². The van der Waals surface area contributed by atoms with Gasteiger partial charge in [0.2, 0.25) is 0 Å². The topological polar surface area (TPSA) is 63.1 Å². The van der Waals surface area contributed by atoms with Crippen LogP contribution in [0.3, 0.4) is 0 Å². The summed E-state index contributed by atoms with van der Waals surface area (Å²) in [7, 11) is 3.50. The second-order valence-electron chi connectivity index (χ2n) is 7.11. The van der Waals surface area contributed by atoms with Crippen LogP contribution < -0.4 is 15.1 Å². The number of hydrogen-bond acceptors (Lipinski definition) is 4. The van der Waals surface area contributed by atoms with Crippen LogP contribution in [0.15, 0.2) is 36.4 Å². The predicted octanol–water partition coefficient (Wildman–Crippen LogP) is 2.02. The molecule has 2 aromatic rings. The van der Waals surface area contributed by atoms with E-state index in [0.29, 0.717) is 21.8 Å². The van der Waals surface area contributed by atoms with Crippen LogP contribution in [-0.4, -0.2) is 52.2 Å². The quantitative estimate of drug-likeness (QED) is 0.768. The lowest BCUT2D eigenvalue weighted by molar-refractivity contribution is -0.880. The summed E-state index contributed by atoms with van der Waals surface area (Å²) in [6.07, 6.45) is 0. The van der Waals surface area contributed by atoms with Gasteiger partial charge in [0.1, 0.15) is 0 Å². The molecule has 7 heteroatoms. The van der Waals surface area contributed by atoms with Crippen LogP contribution in [0.2, 0.25) is 5.02 Å². The Morgan fingerprint density at radius 1 is 1.14 bits per heavy atom. The Kier molecular flexibility index (Phi) is 6.21. The van der Waals surface area contributed by atoms with Gasteiger partial charge in [-0.2, -0.15) is 0 Å². The summed E-state index contributed by atoms with van der Waals surface area (Å²) in [5.74, 6) is -0.758. The Bertz CT molecular complexity index is 892. The van der Waals surface area contributed by atoms with Crippen LogP contribution in [0.5, 0.6) is 0 Å². The maximum Gasteiger partial charge on any atom is 0.337 e. The van der Waals surface area contributed by atoms with Crippen LogP contribution >= 0.6 is 11.6 Å². The standard InChI is InChI=1S/C21H24ClN3O3/c1-14-4-6-16(17(22)12-14)20(26)23-18-13-15(21(27)28-3)5-7-19(18)25-10-8-24(2)9-11-25/h4-7,12-13H,8-11H2,1-3H3,(H,23,26)/p+1. The molecule has 0 radical (unpaired) electrons. The minimum Gasteiger partial charge on any atom is -0.465 e. The van der Waals surface area contributed by atoms with E-state index in [2.05, 4.69) is 17.3 Å². The van der Waals surface area contributed by atoms with Gasteiger partial charge in [-0.15, -0.1) is 0 Å². The lowest BCUT2D eigenvalue weighted by atomic mass is 10.1. The number of aryl methyl sites for hydroxylation is 1. The fourth-order valence-corrected chi connectivity index (χ4v) is 3.60. The number of nitrogens with zero attached hydrogens (tertiary/aromatic N) is 1. The van der Waals surface area contributed by atoms with E-state index in [0.717, 1.165) is 37.4 Å². The third kappa shape index (κ3) is 4.46. The van der Waals surface area contributed by atoms with Gasteiger partial charge in [-0.25, -0.2) is 4.79 Å². The number of halogens is 1. The number of benzene rings is 2. The number of carbonyl (C=O) groups excluding carboxylic acids is 2. The highest BCUT2D eigenvalue weighted by molar-refractivity contribution is 6.34. The number of piperazine rings is 1. The molecule has 1 fully saturated rings. The largest absolute Gasteiger partial charge is 0.465 e. The van der Waals surface area contributed by atoms with E-state index in [4.69, 9.17) is 16.3 Å². The second kappa shape index (κ2) is 8.63. The fourth-order valence-electron chi connectivity index (χ4n) is 3.28. The molecule has 0 aromatic heterocycles. The molecular formula is C21H25ClN3O3+. The zero-order chi connectivity index (χ0) is 20.3. The summed E-state index contributed by atoms with van der Waals surface area (Å²) >= 11 is 6.25. The summed E-state index contributed by atoms with van der Waals surface area (Å²) in [5, 5.41) is 3.33. The highest BCUT2D eigenvalue weighted by Gasteiger charge is 2.22. The Labute approximate surface area is 170 Å². The third-order valence-electron chi connectivity index (χ3n) is 4.99. The Hall–Kier alpha value is -2.57. The predicted molar refractivity (Wildman–Crippen MR) is 111 cm³/mol. The van der Waals surface area contributed by atoms with Crippen LogP contribution in [0.4, 0.5) is 11.4 Å². The number of likely N-dealkylation sites (N-methyl/N-ethyl adjacent to an activating group) is 1. The number of hydrogen-bond donors (Lipinski definition) is 2. The molecule has 2 aromatic carbocycles. The number of anilines is 2. The Balaban J connectivity index is 1.93. The van der Waals surface area contributed by atoms with Crippen molar-refractivity contribution in [3.8, 4) is 0 Å². The number of nitrogens with one attached hydrogen (secondary N) is 2. The first-order valence-electron chi connectivity index (χ1n) is 9.25. The summed E-state index contributed by atoms with van der Waals surface area (Å²) < 4.78 is 4.82. The smallest absolute Gasteiger partial charge is 0.337 e. The van der Waals surface area contributed by atoms with Crippen LogP contribution in [0.25, 0.3) is 0 Å². The van der Waals surface area contributed by atoms with Crippen molar-refractivity contribution in [1.29, 1.82) is 0 Å². The van der Waals surface area contributed by atoms with Gasteiger partial charge in [0.15, 0.2) is 0 Å². The molecule has 6 nitrogen and oxygen atoms in total. The number of carbonyl (C=O) groups is 2. The third-order valence-corrected chi connectivity index (χ3v) is 5.31. The number of quaternary nitrogens is 1. The van der Waals surface area contributed by atoms with E-state index >= 15 is 0 Å². The van der Waals surface area contributed by atoms with Crippen molar-refractivity contribution in [2.24, 2.45) is 0 Å². The molecule has 0 saturated carbocycles. The van der Waals surface area contributed by atoms with Crippen molar-refractivity contribution in [2.45, 2.75) is 6.92 Å². The number of ether oxygens (including phenoxy) is 1. The van der Waals surface area contributed by atoms with Crippen molar-refractivity contribution >= 4 is 34.9 Å². The highest BCUT2D eigenvalue weighted by Crippen LogP contribution is 2.29. The molecule has 1 saturated heterocycles. The van der Waals surface area contributed by atoms with Gasteiger partial charge in [0.05, 0.1) is 67.9 Å². The minimum atomic E-state index is -0.446. The lowest BCUT2D eigenvalue weighted by Crippen LogP contribution is -3.12. The normalized spacial score (nSPS) is 14.6. The molecule has 1 aliphatic heterocycles. The van der Waals surface area contributed by atoms with Crippen LogP contribution in [-0.2, 0) is 4.74 Å². The average Bonchev–Trinajstić information content (AvgIpc) is 2.68. The summed E-state index contributed by atoms with van der Waals surface area (Å²) in [6.45, 7) is 5.68. The first-order chi connectivity index (χ1) is 13.4. The van der Waals surface area contributed by atoms with Crippen LogP contribution in [0.1, 0.15) is 26.3 Å². The van der Waals surface area contributed by atoms with E-state index in [1.54, 1.807) is 24.3 Å². The molecule has 0 unspecified atom stereocenters. The van der Waals surface area contributed by atoms with E-state index < -0.39 is 5.97 Å². The second-order valence-corrected chi connectivity index (χ2v) is 7.51. The molecule has 0 spiro atoms. The molecule has 148 valence electrons. The molecule has 1 aliphatic rings. The van der Waals surface area contributed by atoms with Gasteiger partial charge in [-0.1, -0.05) is 17.7 Å². The maximum absolute atomic E-state index is 12.8. The SMILES string of the molecule is COC(=O)c1ccc(N2CC[NH+](C)CC2)c(NC(=O)c2ccc(C)cc2Cl)c1. The minimum absolute atomic E-state index is 0.312. The Morgan fingerprint density at radius 3 is 2.50 bits per heavy atom. The van der Waals surface area contributed by atoms with E-state index in [-0.39, 0.29) is 5.91 Å². The van der Waals surface area contributed by atoms with E-state index in [1.165, 1.54) is 12.0 Å². The molecule has 2 N–H and O–H groups in total. The molecule has 0 atom stereocenters. The zero-order valence-electron chi connectivity index (χ0n) is 16.3. The number of methoxy groups -OCH3 is 1. The van der Waals surface area contributed by atoms with Crippen molar-refractivity contribution < 1.29 is 19.2 Å².